The van der Waals surface area contributed by atoms with E-state index >= 15 is 0 Å². The highest BCUT2D eigenvalue weighted by Crippen LogP contribution is 2.32. The Labute approximate surface area is 147 Å². The summed E-state index contributed by atoms with van der Waals surface area (Å²) in [6.07, 6.45) is -4.29. The number of anilines is 1. The van der Waals surface area contributed by atoms with E-state index in [9.17, 15) is 18.0 Å². The van der Waals surface area contributed by atoms with Crippen molar-refractivity contribution < 1.29 is 27.4 Å². The second kappa shape index (κ2) is 8.15. The summed E-state index contributed by atoms with van der Waals surface area (Å²) in [5, 5.41) is 2.63. The molecule has 0 bridgehead atoms. The van der Waals surface area contributed by atoms with Crippen LogP contribution in [-0.2, 0) is 0 Å². The van der Waals surface area contributed by atoms with Crippen molar-refractivity contribution >= 4 is 23.4 Å². The van der Waals surface area contributed by atoms with Crippen LogP contribution in [0, 0.1) is 0 Å². The molecular formula is C17H16F3NO3S. The lowest BCUT2D eigenvalue weighted by Crippen LogP contribution is -2.14. The molecule has 2 aromatic rings. The summed E-state index contributed by atoms with van der Waals surface area (Å²) in [7, 11) is 2.92. The van der Waals surface area contributed by atoms with Gasteiger partial charge in [-0.3, -0.25) is 4.79 Å². The number of nitrogens with one attached hydrogen (secondary N) is 1. The topological polar surface area (TPSA) is 47.6 Å². The van der Waals surface area contributed by atoms with Gasteiger partial charge in [-0.2, -0.15) is 13.2 Å². The van der Waals surface area contributed by atoms with Gasteiger partial charge in [-0.25, -0.2) is 0 Å². The zero-order valence-corrected chi connectivity index (χ0v) is 14.3. The normalized spacial score (nSPS) is 11.1. The van der Waals surface area contributed by atoms with Gasteiger partial charge in [0.1, 0.15) is 11.5 Å². The zero-order valence-electron chi connectivity index (χ0n) is 13.5. The number of alkyl halides is 3. The Bertz CT molecular complexity index is 728. The Morgan fingerprint density at radius 3 is 2.24 bits per heavy atom. The van der Waals surface area contributed by atoms with Gasteiger partial charge in [-0.15, -0.1) is 11.8 Å². The Morgan fingerprint density at radius 2 is 1.68 bits per heavy atom. The first-order chi connectivity index (χ1) is 11.8. The second-order valence-corrected chi connectivity index (χ2v) is 5.97. The van der Waals surface area contributed by atoms with Crippen molar-refractivity contribution in [2.45, 2.75) is 11.1 Å². The summed E-state index contributed by atoms with van der Waals surface area (Å²) in [4.78, 5) is 12.8. The maximum atomic E-state index is 12.5. The van der Waals surface area contributed by atoms with Crippen LogP contribution in [0.1, 0.15) is 10.4 Å². The van der Waals surface area contributed by atoms with Crippen molar-refractivity contribution in [2.24, 2.45) is 0 Å². The third-order valence-corrected chi connectivity index (χ3v) is 4.28. The van der Waals surface area contributed by atoms with Crippen molar-refractivity contribution in [3.05, 3.63) is 48.0 Å². The standard InChI is InChI=1S/C17H16F3NO3S/c1-23-12-7-11(8-13(9-12)24-2)16(22)21-14-5-3-4-6-15(14)25-10-17(18,19)20/h3-9H,10H2,1-2H3,(H,21,22). The van der Waals surface area contributed by atoms with Crippen molar-refractivity contribution in [2.75, 3.05) is 25.3 Å². The molecule has 0 fully saturated rings. The molecule has 4 nitrogen and oxygen atoms in total. The van der Waals surface area contributed by atoms with E-state index in [1.807, 2.05) is 0 Å². The van der Waals surface area contributed by atoms with Crippen molar-refractivity contribution in [1.82, 2.24) is 0 Å². The van der Waals surface area contributed by atoms with Crippen LogP contribution in [0.2, 0.25) is 0 Å². The van der Waals surface area contributed by atoms with Crippen molar-refractivity contribution in [3.8, 4) is 11.5 Å². The highest BCUT2D eigenvalue weighted by atomic mass is 32.2. The molecule has 0 atom stereocenters. The first-order valence-corrected chi connectivity index (χ1v) is 8.14. The van der Waals surface area contributed by atoms with Gasteiger partial charge >= 0.3 is 6.18 Å². The van der Waals surface area contributed by atoms with Gasteiger partial charge in [0, 0.05) is 16.5 Å². The van der Waals surface area contributed by atoms with Crippen LogP contribution in [0.15, 0.2) is 47.4 Å². The molecule has 0 aliphatic carbocycles. The minimum atomic E-state index is -4.29. The third-order valence-electron chi connectivity index (χ3n) is 3.14. The van der Waals surface area contributed by atoms with Crippen LogP contribution in [0.3, 0.4) is 0 Å². The largest absolute Gasteiger partial charge is 0.497 e. The molecule has 1 amide bonds. The first-order valence-electron chi connectivity index (χ1n) is 7.15. The smallest absolute Gasteiger partial charge is 0.398 e. The van der Waals surface area contributed by atoms with Gasteiger partial charge in [0.05, 0.1) is 25.7 Å². The third kappa shape index (κ3) is 5.60. The molecular weight excluding hydrogens is 355 g/mol. The fourth-order valence-electron chi connectivity index (χ4n) is 1.99. The molecule has 0 aliphatic rings. The van der Waals surface area contributed by atoms with Crippen molar-refractivity contribution in [3.63, 3.8) is 0 Å². The molecule has 2 aromatic carbocycles. The molecule has 8 heteroatoms. The number of para-hydroxylation sites is 1. The summed E-state index contributed by atoms with van der Waals surface area (Å²) in [5.74, 6) is -0.641. The molecule has 0 heterocycles. The van der Waals surface area contributed by atoms with Gasteiger partial charge < -0.3 is 14.8 Å². The minimum Gasteiger partial charge on any atom is -0.497 e. The molecule has 0 aliphatic heterocycles. The molecule has 0 aromatic heterocycles. The van der Waals surface area contributed by atoms with E-state index < -0.39 is 17.8 Å². The predicted molar refractivity (Wildman–Crippen MR) is 90.7 cm³/mol. The van der Waals surface area contributed by atoms with E-state index in [0.717, 1.165) is 0 Å². The lowest BCUT2D eigenvalue weighted by molar-refractivity contribution is -0.105. The molecule has 0 spiro atoms. The van der Waals surface area contributed by atoms with Gasteiger partial charge in [-0.1, -0.05) is 12.1 Å². The minimum absolute atomic E-state index is 0.270. The number of benzene rings is 2. The quantitative estimate of drug-likeness (QED) is 0.754. The molecule has 0 unspecified atom stereocenters. The number of halogens is 3. The number of hydrogen-bond acceptors (Lipinski definition) is 4. The number of rotatable bonds is 6. The maximum Gasteiger partial charge on any atom is 0.398 e. The summed E-state index contributed by atoms with van der Waals surface area (Å²) in [5.41, 5.74) is 0.579. The SMILES string of the molecule is COc1cc(OC)cc(C(=O)Nc2ccccc2SCC(F)(F)F)c1. The zero-order chi connectivity index (χ0) is 18.4. The average Bonchev–Trinajstić information content (AvgIpc) is 2.59. The molecule has 1 N–H and O–H groups in total. The van der Waals surface area contributed by atoms with E-state index in [2.05, 4.69) is 5.32 Å². The maximum absolute atomic E-state index is 12.5. The number of carbonyl (C=O) groups is 1. The highest BCUT2D eigenvalue weighted by molar-refractivity contribution is 7.99. The fraction of sp³-hybridized carbons (Fsp3) is 0.235. The number of hydrogen-bond donors (Lipinski definition) is 1. The van der Waals surface area contributed by atoms with Gasteiger partial charge in [0.15, 0.2) is 0 Å². The summed E-state index contributed by atoms with van der Waals surface area (Å²) >= 11 is 0.617. The fourth-order valence-corrected chi connectivity index (χ4v) is 2.76. The van der Waals surface area contributed by atoms with E-state index in [1.54, 1.807) is 24.3 Å². The number of thioether (sulfide) groups is 1. The van der Waals surface area contributed by atoms with Crippen LogP contribution in [0.5, 0.6) is 11.5 Å². The Balaban J connectivity index is 2.21. The van der Waals surface area contributed by atoms with Crippen LogP contribution < -0.4 is 14.8 Å². The lowest BCUT2D eigenvalue weighted by atomic mass is 10.2. The summed E-state index contributed by atoms with van der Waals surface area (Å²) < 4.78 is 47.5. The van der Waals surface area contributed by atoms with Crippen LogP contribution in [0.4, 0.5) is 18.9 Å². The molecule has 0 saturated heterocycles. The predicted octanol–water partition coefficient (Wildman–Crippen LogP) is 4.61. The summed E-state index contributed by atoms with van der Waals surface area (Å²) in [6.45, 7) is 0. The molecule has 134 valence electrons. The number of ether oxygens (including phenoxy) is 2. The average molecular weight is 371 g/mol. The van der Waals surface area contributed by atoms with Gasteiger partial charge in [0.2, 0.25) is 0 Å². The molecule has 2 rings (SSSR count). The van der Waals surface area contributed by atoms with E-state index in [1.165, 1.54) is 32.4 Å². The van der Waals surface area contributed by atoms with E-state index in [0.29, 0.717) is 33.8 Å². The molecule has 0 saturated carbocycles. The lowest BCUT2D eigenvalue weighted by Gasteiger charge is -2.13. The van der Waals surface area contributed by atoms with Crippen LogP contribution in [0.25, 0.3) is 0 Å². The number of methoxy groups -OCH3 is 2. The molecule has 25 heavy (non-hydrogen) atoms. The van der Waals surface area contributed by atoms with Crippen molar-refractivity contribution in [1.29, 1.82) is 0 Å². The monoisotopic (exact) mass is 371 g/mol. The van der Waals surface area contributed by atoms with Gasteiger partial charge in [-0.05, 0) is 24.3 Å². The first kappa shape index (κ1) is 19.0. The Kier molecular flexibility index (Phi) is 6.19. The highest BCUT2D eigenvalue weighted by Gasteiger charge is 2.27. The Morgan fingerprint density at radius 1 is 1.08 bits per heavy atom. The second-order valence-electron chi connectivity index (χ2n) is 4.96. The number of carbonyl (C=O) groups excluding carboxylic acids is 1. The van der Waals surface area contributed by atoms with Gasteiger partial charge in [0.25, 0.3) is 5.91 Å². The molecule has 0 radical (unpaired) electrons. The summed E-state index contributed by atoms with van der Waals surface area (Å²) in [6, 6.07) is 11.0. The van der Waals surface area contributed by atoms with E-state index in [4.69, 9.17) is 9.47 Å². The number of amides is 1. The van der Waals surface area contributed by atoms with Crippen LogP contribution in [-0.4, -0.2) is 32.1 Å². The Hall–Kier alpha value is -2.35. The van der Waals surface area contributed by atoms with Crippen LogP contribution >= 0.6 is 11.8 Å². The van der Waals surface area contributed by atoms with E-state index in [-0.39, 0.29) is 5.56 Å².